The van der Waals surface area contributed by atoms with Crippen LogP contribution in [0.15, 0.2) is 29.6 Å². The molecule has 0 aliphatic rings. The number of aliphatic hydroxyl groups is 1. The number of benzene rings is 1. The van der Waals surface area contributed by atoms with Gasteiger partial charge in [0.15, 0.2) is 0 Å². The molecule has 0 spiro atoms. The van der Waals surface area contributed by atoms with Gasteiger partial charge in [0.05, 0.1) is 23.7 Å². The number of hydrogen-bond donors (Lipinski definition) is 2. The monoisotopic (exact) mass is 334 g/mol. The van der Waals surface area contributed by atoms with Crippen molar-refractivity contribution in [1.29, 1.82) is 0 Å². The van der Waals surface area contributed by atoms with E-state index in [1.54, 1.807) is 11.3 Å². The average Bonchev–Trinajstić information content (AvgIpc) is 3.01. The van der Waals surface area contributed by atoms with Gasteiger partial charge in [-0.3, -0.25) is 4.79 Å². The van der Waals surface area contributed by atoms with Gasteiger partial charge in [0.25, 0.3) is 0 Å². The van der Waals surface area contributed by atoms with E-state index in [9.17, 15) is 4.79 Å². The number of nitrogens with one attached hydrogen (secondary N) is 1. The molecular weight excluding hydrogens is 312 g/mol. The standard InChI is InChI=1S/C17H22N2O3S/c1-12(2)17-19-14(11-23-17)10-22-15-5-3-13(4-6-15)9-16(21)18-7-8-20/h3-6,11-12,20H,7-10H2,1-2H3,(H,18,21). The van der Waals surface area contributed by atoms with Crippen molar-refractivity contribution < 1.29 is 14.6 Å². The van der Waals surface area contributed by atoms with E-state index in [0.717, 1.165) is 22.0 Å². The van der Waals surface area contributed by atoms with Crippen molar-refractivity contribution >= 4 is 17.2 Å². The van der Waals surface area contributed by atoms with Gasteiger partial charge in [-0.2, -0.15) is 0 Å². The summed E-state index contributed by atoms with van der Waals surface area (Å²) < 4.78 is 5.72. The SMILES string of the molecule is CC(C)c1nc(COc2ccc(CC(=O)NCCO)cc2)cs1. The fourth-order valence-corrected chi connectivity index (χ4v) is 2.78. The Morgan fingerprint density at radius 2 is 2.09 bits per heavy atom. The molecule has 0 atom stereocenters. The van der Waals surface area contributed by atoms with Crippen LogP contribution >= 0.6 is 11.3 Å². The highest BCUT2D eigenvalue weighted by molar-refractivity contribution is 7.09. The van der Waals surface area contributed by atoms with E-state index >= 15 is 0 Å². The van der Waals surface area contributed by atoms with Gasteiger partial charge >= 0.3 is 0 Å². The molecule has 2 rings (SSSR count). The first-order chi connectivity index (χ1) is 11.1. The lowest BCUT2D eigenvalue weighted by molar-refractivity contribution is -0.120. The van der Waals surface area contributed by atoms with Crippen LogP contribution in [0.25, 0.3) is 0 Å². The van der Waals surface area contributed by atoms with Crippen LogP contribution in [0, 0.1) is 0 Å². The number of hydrogen-bond acceptors (Lipinski definition) is 5. The van der Waals surface area contributed by atoms with Crippen LogP contribution in [0.5, 0.6) is 5.75 Å². The van der Waals surface area contributed by atoms with Crippen LogP contribution in [0.1, 0.15) is 36.0 Å². The number of aromatic nitrogens is 1. The Bertz CT molecular complexity index is 623. The maximum absolute atomic E-state index is 11.6. The number of thiazole rings is 1. The lowest BCUT2D eigenvalue weighted by atomic mass is 10.1. The van der Waals surface area contributed by atoms with Crippen molar-refractivity contribution in [2.45, 2.75) is 32.8 Å². The van der Waals surface area contributed by atoms with E-state index < -0.39 is 0 Å². The van der Waals surface area contributed by atoms with E-state index in [-0.39, 0.29) is 19.1 Å². The Morgan fingerprint density at radius 3 is 2.70 bits per heavy atom. The molecule has 0 bridgehead atoms. The Kier molecular flexibility index (Phi) is 6.55. The molecule has 0 saturated carbocycles. The first kappa shape index (κ1) is 17.4. The van der Waals surface area contributed by atoms with Crippen molar-refractivity contribution in [1.82, 2.24) is 10.3 Å². The molecule has 0 saturated heterocycles. The Balaban J connectivity index is 1.83. The fourth-order valence-electron chi connectivity index (χ4n) is 1.96. The second kappa shape index (κ2) is 8.64. The third kappa shape index (κ3) is 5.65. The molecule has 1 aromatic heterocycles. The van der Waals surface area contributed by atoms with Gasteiger partial charge in [-0.25, -0.2) is 4.98 Å². The third-order valence-electron chi connectivity index (χ3n) is 3.17. The van der Waals surface area contributed by atoms with E-state index in [1.165, 1.54) is 0 Å². The van der Waals surface area contributed by atoms with Crippen LogP contribution < -0.4 is 10.1 Å². The Hall–Kier alpha value is -1.92. The van der Waals surface area contributed by atoms with Crippen molar-refractivity contribution in [2.24, 2.45) is 0 Å². The molecule has 23 heavy (non-hydrogen) atoms. The lowest BCUT2D eigenvalue weighted by Gasteiger charge is -2.06. The van der Waals surface area contributed by atoms with Crippen LogP contribution in [-0.2, 0) is 17.8 Å². The quantitative estimate of drug-likeness (QED) is 0.778. The number of aliphatic hydroxyl groups excluding tert-OH is 1. The molecule has 124 valence electrons. The molecule has 2 N–H and O–H groups in total. The molecule has 1 aromatic carbocycles. The summed E-state index contributed by atoms with van der Waals surface area (Å²) in [5.41, 5.74) is 1.84. The molecule has 1 amide bonds. The number of carbonyl (C=O) groups excluding carboxylic acids is 1. The second-order valence-corrected chi connectivity index (χ2v) is 6.40. The van der Waals surface area contributed by atoms with E-state index in [0.29, 0.717) is 18.9 Å². The number of ether oxygens (including phenoxy) is 1. The molecular formula is C17H22N2O3S. The Morgan fingerprint density at radius 1 is 1.35 bits per heavy atom. The number of carbonyl (C=O) groups is 1. The van der Waals surface area contributed by atoms with E-state index in [1.807, 2.05) is 29.6 Å². The molecule has 1 heterocycles. The highest BCUT2D eigenvalue weighted by Crippen LogP contribution is 2.20. The minimum absolute atomic E-state index is 0.0480. The summed E-state index contributed by atoms with van der Waals surface area (Å²) in [6.07, 6.45) is 0.296. The number of nitrogens with zero attached hydrogens (tertiary/aromatic N) is 1. The Labute approximate surface area is 140 Å². The molecule has 2 aromatic rings. The van der Waals surface area contributed by atoms with Crippen molar-refractivity contribution in [3.63, 3.8) is 0 Å². The zero-order valence-corrected chi connectivity index (χ0v) is 14.2. The summed E-state index contributed by atoms with van der Waals surface area (Å²) >= 11 is 1.66. The molecule has 0 radical (unpaired) electrons. The van der Waals surface area contributed by atoms with Crippen LogP contribution in [0.2, 0.25) is 0 Å². The van der Waals surface area contributed by atoms with Crippen molar-refractivity contribution in [3.05, 3.63) is 45.9 Å². The predicted molar refractivity (Wildman–Crippen MR) is 90.8 cm³/mol. The van der Waals surface area contributed by atoms with Crippen LogP contribution in [-0.4, -0.2) is 29.1 Å². The largest absolute Gasteiger partial charge is 0.487 e. The zero-order valence-electron chi connectivity index (χ0n) is 13.4. The molecule has 0 aliphatic carbocycles. The number of amides is 1. The van der Waals surface area contributed by atoms with Gasteiger partial charge in [-0.15, -0.1) is 11.3 Å². The second-order valence-electron chi connectivity index (χ2n) is 5.51. The van der Waals surface area contributed by atoms with Gasteiger partial charge in [-0.1, -0.05) is 26.0 Å². The number of rotatable bonds is 8. The highest BCUT2D eigenvalue weighted by atomic mass is 32.1. The van der Waals surface area contributed by atoms with Crippen LogP contribution in [0.3, 0.4) is 0 Å². The average molecular weight is 334 g/mol. The minimum atomic E-state index is -0.101. The maximum Gasteiger partial charge on any atom is 0.224 e. The van der Waals surface area contributed by atoms with Crippen molar-refractivity contribution in [3.8, 4) is 5.75 Å². The highest BCUT2D eigenvalue weighted by Gasteiger charge is 2.07. The van der Waals surface area contributed by atoms with Crippen molar-refractivity contribution in [2.75, 3.05) is 13.2 Å². The maximum atomic E-state index is 11.6. The lowest BCUT2D eigenvalue weighted by Crippen LogP contribution is -2.27. The van der Waals surface area contributed by atoms with Gasteiger partial charge in [0.1, 0.15) is 12.4 Å². The van der Waals surface area contributed by atoms with Gasteiger partial charge < -0.3 is 15.2 Å². The smallest absolute Gasteiger partial charge is 0.224 e. The molecule has 5 nitrogen and oxygen atoms in total. The van der Waals surface area contributed by atoms with E-state index in [4.69, 9.17) is 9.84 Å². The fraction of sp³-hybridized carbons (Fsp3) is 0.412. The zero-order chi connectivity index (χ0) is 16.7. The predicted octanol–water partition coefficient (Wildman–Crippen LogP) is 2.50. The van der Waals surface area contributed by atoms with Gasteiger partial charge in [0, 0.05) is 17.8 Å². The first-order valence-corrected chi connectivity index (χ1v) is 8.50. The molecule has 0 fully saturated rings. The first-order valence-electron chi connectivity index (χ1n) is 7.62. The molecule has 0 aliphatic heterocycles. The minimum Gasteiger partial charge on any atom is -0.487 e. The van der Waals surface area contributed by atoms with Gasteiger partial charge in [-0.05, 0) is 17.7 Å². The van der Waals surface area contributed by atoms with E-state index in [2.05, 4.69) is 24.1 Å². The summed E-state index contributed by atoms with van der Waals surface area (Å²) in [5, 5.41) is 14.4. The molecule has 0 unspecified atom stereocenters. The topological polar surface area (TPSA) is 71.5 Å². The summed E-state index contributed by atoms with van der Waals surface area (Å²) in [4.78, 5) is 16.1. The van der Waals surface area contributed by atoms with Crippen LogP contribution in [0.4, 0.5) is 0 Å². The summed E-state index contributed by atoms with van der Waals surface area (Å²) in [6, 6.07) is 7.44. The van der Waals surface area contributed by atoms with Gasteiger partial charge in [0.2, 0.25) is 5.91 Å². The summed E-state index contributed by atoms with van der Waals surface area (Å²) in [6.45, 7) is 4.93. The molecule has 6 heteroatoms. The summed E-state index contributed by atoms with van der Waals surface area (Å²) in [7, 11) is 0. The summed E-state index contributed by atoms with van der Waals surface area (Å²) in [5.74, 6) is 1.09. The third-order valence-corrected chi connectivity index (χ3v) is 4.37. The normalized spacial score (nSPS) is 10.8.